The molecule has 0 unspecified atom stereocenters. The molecule has 2 heterocycles. The fourth-order valence-electron chi connectivity index (χ4n) is 4.99. The van der Waals surface area contributed by atoms with E-state index in [4.69, 9.17) is 9.47 Å². The molecule has 0 bridgehead atoms. The van der Waals surface area contributed by atoms with Crippen LogP contribution in [0, 0.1) is 11.7 Å². The second-order valence-corrected chi connectivity index (χ2v) is 9.86. The SMILES string of the molecule is COc1ccc(OC)c(CN2CCC([C@H](Cc3ccccc3F)N(C)C(=O)c3ccsc3)CC2)c1. The number of likely N-dealkylation sites (tertiary alicyclic amines) is 1. The maximum atomic E-state index is 14.6. The quantitative estimate of drug-likeness (QED) is 0.392. The van der Waals surface area contributed by atoms with E-state index < -0.39 is 0 Å². The topological polar surface area (TPSA) is 42.0 Å². The number of rotatable bonds is 9. The van der Waals surface area contributed by atoms with Crippen molar-refractivity contribution in [1.29, 1.82) is 0 Å². The summed E-state index contributed by atoms with van der Waals surface area (Å²) in [4.78, 5) is 17.4. The minimum absolute atomic E-state index is 0.00358. The Labute approximate surface area is 211 Å². The Morgan fingerprint density at radius 1 is 1.11 bits per heavy atom. The summed E-state index contributed by atoms with van der Waals surface area (Å²) in [5.74, 6) is 1.74. The number of hydrogen-bond donors (Lipinski definition) is 0. The Kier molecular flexibility index (Phi) is 8.42. The molecule has 7 heteroatoms. The van der Waals surface area contributed by atoms with E-state index in [9.17, 15) is 9.18 Å². The molecule has 1 saturated heterocycles. The zero-order chi connectivity index (χ0) is 24.8. The van der Waals surface area contributed by atoms with Crippen LogP contribution in [0.1, 0.15) is 34.3 Å². The third kappa shape index (κ3) is 6.03. The van der Waals surface area contributed by atoms with Gasteiger partial charge in [0.15, 0.2) is 0 Å². The van der Waals surface area contributed by atoms with Gasteiger partial charge in [-0.05, 0) is 79.5 Å². The van der Waals surface area contributed by atoms with Crippen molar-refractivity contribution in [3.63, 3.8) is 0 Å². The molecule has 2 aromatic carbocycles. The standard InChI is InChI=1S/C28H33FN2O3S/c1-30(28(32)22-12-15-35-19-22)26(17-21-6-4-5-7-25(21)29)20-10-13-31(14-11-20)18-23-16-24(33-2)8-9-27(23)34-3/h4-9,12,15-16,19-20,26H,10-11,13-14,17-18H2,1-3H3/t26-/m0/s1. The van der Waals surface area contributed by atoms with E-state index in [0.717, 1.165) is 49.5 Å². The van der Waals surface area contributed by atoms with Crippen LogP contribution in [-0.4, -0.2) is 56.1 Å². The van der Waals surface area contributed by atoms with Gasteiger partial charge in [-0.1, -0.05) is 18.2 Å². The van der Waals surface area contributed by atoms with Gasteiger partial charge in [0.1, 0.15) is 17.3 Å². The molecule has 1 fully saturated rings. The second kappa shape index (κ2) is 11.7. The minimum Gasteiger partial charge on any atom is -0.497 e. The van der Waals surface area contributed by atoms with Gasteiger partial charge < -0.3 is 14.4 Å². The Morgan fingerprint density at radius 3 is 2.54 bits per heavy atom. The maximum absolute atomic E-state index is 14.6. The van der Waals surface area contributed by atoms with E-state index in [0.29, 0.717) is 17.5 Å². The van der Waals surface area contributed by atoms with Crippen molar-refractivity contribution in [3.8, 4) is 11.5 Å². The summed E-state index contributed by atoms with van der Waals surface area (Å²) in [7, 11) is 5.21. The second-order valence-electron chi connectivity index (χ2n) is 9.08. The van der Waals surface area contributed by atoms with Crippen LogP contribution in [0.25, 0.3) is 0 Å². The van der Waals surface area contributed by atoms with Crippen molar-refractivity contribution >= 4 is 17.2 Å². The van der Waals surface area contributed by atoms with Crippen LogP contribution < -0.4 is 9.47 Å². The van der Waals surface area contributed by atoms with Crippen LogP contribution in [0.4, 0.5) is 4.39 Å². The van der Waals surface area contributed by atoms with Crippen molar-refractivity contribution in [2.75, 3.05) is 34.4 Å². The van der Waals surface area contributed by atoms with Gasteiger partial charge in [-0.2, -0.15) is 11.3 Å². The average Bonchev–Trinajstić information content (AvgIpc) is 3.43. The molecule has 1 amide bonds. The Balaban J connectivity index is 1.48. The van der Waals surface area contributed by atoms with E-state index in [2.05, 4.69) is 4.90 Å². The molecule has 0 saturated carbocycles. The lowest BCUT2D eigenvalue weighted by atomic mass is 9.84. The number of piperidine rings is 1. The molecule has 0 radical (unpaired) electrons. The number of likely N-dealkylation sites (N-methyl/N-ethyl adjacent to an activating group) is 1. The fourth-order valence-corrected chi connectivity index (χ4v) is 5.62. The third-order valence-corrected chi connectivity index (χ3v) is 7.71. The molecule has 0 N–H and O–H groups in total. The van der Waals surface area contributed by atoms with Gasteiger partial charge in [0.2, 0.25) is 0 Å². The number of carbonyl (C=O) groups is 1. The highest BCUT2D eigenvalue weighted by molar-refractivity contribution is 7.08. The van der Waals surface area contributed by atoms with E-state index in [1.165, 1.54) is 17.4 Å². The number of halogens is 1. The fraction of sp³-hybridized carbons (Fsp3) is 0.393. The molecule has 35 heavy (non-hydrogen) atoms. The number of benzene rings is 2. The molecule has 1 aliphatic rings. The molecule has 0 spiro atoms. The van der Waals surface area contributed by atoms with Gasteiger partial charge in [0.05, 0.1) is 19.8 Å². The summed E-state index contributed by atoms with van der Waals surface area (Å²) in [6.45, 7) is 2.58. The Bertz CT molecular complexity index is 1110. The zero-order valence-corrected chi connectivity index (χ0v) is 21.4. The van der Waals surface area contributed by atoms with Gasteiger partial charge in [-0.25, -0.2) is 4.39 Å². The first-order valence-corrected chi connectivity index (χ1v) is 12.9. The third-order valence-electron chi connectivity index (χ3n) is 7.03. The highest BCUT2D eigenvalue weighted by Crippen LogP contribution is 2.31. The van der Waals surface area contributed by atoms with Crippen LogP contribution >= 0.6 is 11.3 Å². The number of amides is 1. The lowest BCUT2D eigenvalue weighted by molar-refractivity contribution is 0.0583. The van der Waals surface area contributed by atoms with Crippen LogP contribution in [0.15, 0.2) is 59.3 Å². The first-order chi connectivity index (χ1) is 17.0. The van der Waals surface area contributed by atoms with Crippen LogP contribution in [0.2, 0.25) is 0 Å². The summed E-state index contributed by atoms with van der Waals surface area (Å²) in [6, 6.07) is 14.5. The summed E-state index contributed by atoms with van der Waals surface area (Å²) < 4.78 is 25.5. The highest BCUT2D eigenvalue weighted by Gasteiger charge is 2.32. The van der Waals surface area contributed by atoms with E-state index in [1.54, 1.807) is 20.3 Å². The molecule has 1 aliphatic heterocycles. The van der Waals surface area contributed by atoms with Crippen molar-refractivity contribution in [1.82, 2.24) is 9.80 Å². The number of ether oxygens (including phenoxy) is 2. The summed E-state index contributed by atoms with van der Waals surface area (Å²) in [5, 5.41) is 3.79. The molecule has 1 aromatic heterocycles. The van der Waals surface area contributed by atoms with Gasteiger partial charge in [0.25, 0.3) is 5.91 Å². The first-order valence-electron chi connectivity index (χ1n) is 12.0. The van der Waals surface area contributed by atoms with Crippen molar-refractivity contribution in [2.45, 2.75) is 31.8 Å². The van der Waals surface area contributed by atoms with Crippen LogP contribution in [-0.2, 0) is 13.0 Å². The van der Waals surface area contributed by atoms with E-state index >= 15 is 0 Å². The van der Waals surface area contributed by atoms with Crippen LogP contribution in [0.3, 0.4) is 0 Å². The van der Waals surface area contributed by atoms with Crippen molar-refractivity contribution in [2.24, 2.45) is 5.92 Å². The normalized spacial score (nSPS) is 15.5. The molecule has 186 valence electrons. The Morgan fingerprint density at radius 2 is 1.89 bits per heavy atom. The number of methoxy groups -OCH3 is 2. The zero-order valence-electron chi connectivity index (χ0n) is 20.6. The molecular formula is C28H33FN2O3S. The number of nitrogens with zero attached hydrogens (tertiary/aromatic N) is 2. The van der Waals surface area contributed by atoms with E-state index in [1.807, 2.05) is 59.1 Å². The number of thiophene rings is 1. The molecule has 4 rings (SSSR count). The summed E-state index contributed by atoms with van der Waals surface area (Å²) >= 11 is 1.51. The molecular weight excluding hydrogens is 463 g/mol. The predicted octanol–water partition coefficient (Wildman–Crippen LogP) is 5.50. The first kappa shape index (κ1) is 25.2. The summed E-state index contributed by atoms with van der Waals surface area (Å²) in [5.41, 5.74) is 2.45. The monoisotopic (exact) mass is 496 g/mol. The average molecular weight is 497 g/mol. The summed E-state index contributed by atoms with van der Waals surface area (Å²) in [6.07, 6.45) is 2.38. The van der Waals surface area contributed by atoms with Gasteiger partial charge >= 0.3 is 0 Å². The number of carbonyl (C=O) groups excluding carboxylic acids is 1. The predicted molar refractivity (Wildman–Crippen MR) is 138 cm³/mol. The van der Waals surface area contributed by atoms with E-state index in [-0.39, 0.29) is 23.7 Å². The maximum Gasteiger partial charge on any atom is 0.254 e. The number of hydrogen-bond acceptors (Lipinski definition) is 5. The molecule has 1 atom stereocenters. The largest absolute Gasteiger partial charge is 0.497 e. The van der Waals surface area contributed by atoms with Gasteiger partial charge in [0, 0.05) is 30.6 Å². The molecule has 3 aromatic rings. The lowest BCUT2D eigenvalue weighted by Gasteiger charge is -2.40. The Hall–Kier alpha value is -2.90. The van der Waals surface area contributed by atoms with Crippen molar-refractivity contribution < 1.29 is 18.7 Å². The highest BCUT2D eigenvalue weighted by atomic mass is 32.1. The molecule has 5 nitrogen and oxygen atoms in total. The molecule has 0 aliphatic carbocycles. The van der Waals surface area contributed by atoms with Crippen LogP contribution in [0.5, 0.6) is 11.5 Å². The minimum atomic E-state index is -0.212. The smallest absolute Gasteiger partial charge is 0.254 e. The van der Waals surface area contributed by atoms with Gasteiger partial charge in [-0.3, -0.25) is 9.69 Å². The van der Waals surface area contributed by atoms with Gasteiger partial charge in [-0.15, -0.1) is 0 Å². The lowest BCUT2D eigenvalue weighted by Crippen LogP contribution is -2.47. The van der Waals surface area contributed by atoms with Crippen molar-refractivity contribution in [3.05, 3.63) is 81.8 Å².